The maximum absolute atomic E-state index is 12.0. The van der Waals surface area contributed by atoms with Gasteiger partial charge in [0, 0.05) is 30.7 Å². The van der Waals surface area contributed by atoms with Crippen molar-refractivity contribution in [2.75, 3.05) is 42.3 Å². The van der Waals surface area contributed by atoms with Crippen molar-refractivity contribution in [1.82, 2.24) is 4.98 Å². The third-order valence-corrected chi connectivity index (χ3v) is 4.46. The van der Waals surface area contributed by atoms with Crippen LogP contribution >= 0.6 is 11.8 Å². The van der Waals surface area contributed by atoms with Gasteiger partial charge in [-0.25, -0.2) is 4.98 Å². The van der Waals surface area contributed by atoms with Gasteiger partial charge in [-0.15, -0.1) is 0 Å². The molecule has 1 aromatic carbocycles. The van der Waals surface area contributed by atoms with E-state index in [1.54, 1.807) is 6.20 Å². The number of hydrogen-bond donors (Lipinski definition) is 1. The Bertz CT molecular complexity index is 628. The van der Waals surface area contributed by atoms with Gasteiger partial charge in [0.05, 0.1) is 24.0 Å². The predicted molar refractivity (Wildman–Crippen MR) is 93.1 cm³/mol. The molecule has 0 radical (unpaired) electrons. The molecule has 2 aromatic rings. The van der Waals surface area contributed by atoms with E-state index in [9.17, 15) is 4.79 Å². The quantitative estimate of drug-likeness (QED) is 0.855. The van der Waals surface area contributed by atoms with Crippen LogP contribution in [0.5, 0.6) is 0 Å². The van der Waals surface area contributed by atoms with Crippen LogP contribution in [-0.2, 0) is 9.53 Å². The monoisotopic (exact) mass is 329 g/mol. The molecule has 1 N–H and O–H groups in total. The Morgan fingerprint density at radius 3 is 2.65 bits per heavy atom. The van der Waals surface area contributed by atoms with E-state index in [0.29, 0.717) is 5.75 Å². The van der Waals surface area contributed by atoms with Crippen LogP contribution in [0, 0.1) is 0 Å². The highest BCUT2D eigenvalue weighted by Crippen LogP contribution is 2.20. The molecular formula is C17H19N3O2S. The van der Waals surface area contributed by atoms with Crippen LogP contribution in [0.25, 0.3) is 0 Å². The number of hydrogen-bond acceptors (Lipinski definition) is 5. The minimum Gasteiger partial charge on any atom is -0.378 e. The number of carbonyl (C=O) groups is 1. The minimum absolute atomic E-state index is 0.0280. The molecule has 120 valence electrons. The number of pyridine rings is 1. The maximum atomic E-state index is 12.0. The first kappa shape index (κ1) is 15.8. The first-order chi connectivity index (χ1) is 11.3. The lowest BCUT2D eigenvalue weighted by Crippen LogP contribution is -2.36. The number of carbonyl (C=O) groups excluding carboxylic acids is 1. The van der Waals surface area contributed by atoms with Gasteiger partial charge in [-0.05, 0) is 36.4 Å². The number of amides is 1. The predicted octanol–water partition coefficient (Wildman–Crippen LogP) is 2.65. The summed E-state index contributed by atoms with van der Waals surface area (Å²) in [6.07, 6.45) is 1.73. The van der Waals surface area contributed by atoms with Gasteiger partial charge < -0.3 is 15.0 Å². The van der Waals surface area contributed by atoms with Crippen LogP contribution in [0.4, 0.5) is 11.4 Å². The van der Waals surface area contributed by atoms with Gasteiger partial charge in [0.1, 0.15) is 0 Å². The van der Waals surface area contributed by atoms with Crippen LogP contribution in [0.3, 0.4) is 0 Å². The second-order valence-electron chi connectivity index (χ2n) is 5.15. The normalized spacial score (nSPS) is 14.5. The molecule has 0 aliphatic carbocycles. The molecule has 3 rings (SSSR count). The van der Waals surface area contributed by atoms with Crippen molar-refractivity contribution in [2.45, 2.75) is 5.03 Å². The summed E-state index contributed by atoms with van der Waals surface area (Å²) < 4.78 is 5.35. The van der Waals surface area contributed by atoms with Crippen LogP contribution in [0.2, 0.25) is 0 Å². The molecule has 6 heteroatoms. The Morgan fingerprint density at radius 1 is 1.17 bits per heavy atom. The Labute approximate surface area is 140 Å². The van der Waals surface area contributed by atoms with Gasteiger partial charge in [-0.2, -0.15) is 0 Å². The molecule has 1 saturated heterocycles. The van der Waals surface area contributed by atoms with Gasteiger partial charge in [0.15, 0.2) is 0 Å². The lowest BCUT2D eigenvalue weighted by molar-refractivity contribution is -0.113. The largest absolute Gasteiger partial charge is 0.378 e. The van der Waals surface area contributed by atoms with Gasteiger partial charge in [0.25, 0.3) is 0 Å². The molecule has 23 heavy (non-hydrogen) atoms. The van der Waals surface area contributed by atoms with Crippen molar-refractivity contribution in [3.05, 3.63) is 48.7 Å². The lowest BCUT2D eigenvalue weighted by atomic mass is 10.2. The maximum Gasteiger partial charge on any atom is 0.234 e. The van der Waals surface area contributed by atoms with Crippen molar-refractivity contribution in [3.8, 4) is 0 Å². The smallest absolute Gasteiger partial charge is 0.234 e. The Balaban J connectivity index is 1.50. The van der Waals surface area contributed by atoms with Crippen molar-refractivity contribution in [3.63, 3.8) is 0 Å². The first-order valence-electron chi connectivity index (χ1n) is 7.58. The minimum atomic E-state index is -0.0280. The van der Waals surface area contributed by atoms with Crippen LogP contribution in [0.15, 0.2) is 53.7 Å². The summed E-state index contributed by atoms with van der Waals surface area (Å²) in [6.45, 7) is 3.35. The molecule has 0 saturated carbocycles. The van der Waals surface area contributed by atoms with E-state index in [4.69, 9.17) is 4.74 Å². The average Bonchev–Trinajstić information content (AvgIpc) is 2.62. The zero-order valence-corrected chi connectivity index (χ0v) is 13.6. The number of anilines is 2. The van der Waals surface area contributed by atoms with E-state index in [1.165, 1.54) is 11.8 Å². The van der Waals surface area contributed by atoms with E-state index in [1.807, 2.05) is 42.5 Å². The van der Waals surface area contributed by atoms with Crippen molar-refractivity contribution >= 4 is 29.0 Å². The molecule has 1 aliphatic heterocycles. The fourth-order valence-corrected chi connectivity index (χ4v) is 3.01. The highest BCUT2D eigenvalue weighted by molar-refractivity contribution is 7.99. The summed E-state index contributed by atoms with van der Waals surface area (Å²) in [7, 11) is 0. The SMILES string of the molecule is O=C(CSc1ccccn1)Nc1ccc(N2CCOCC2)cc1. The molecule has 0 spiro atoms. The summed E-state index contributed by atoms with van der Waals surface area (Å²) in [5.74, 6) is 0.321. The standard InChI is InChI=1S/C17H19N3O2S/c21-16(13-23-17-3-1-2-8-18-17)19-14-4-6-15(7-5-14)20-9-11-22-12-10-20/h1-8H,9-13H2,(H,19,21). The number of benzene rings is 1. The number of morpholine rings is 1. The van der Waals surface area contributed by atoms with Gasteiger partial charge in [-0.3, -0.25) is 4.79 Å². The number of thioether (sulfide) groups is 1. The van der Waals surface area contributed by atoms with Crippen LogP contribution < -0.4 is 10.2 Å². The molecule has 1 fully saturated rings. The molecule has 1 aromatic heterocycles. The molecule has 0 atom stereocenters. The second kappa shape index (κ2) is 7.99. The van der Waals surface area contributed by atoms with Gasteiger partial charge in [-0.1, -0.05) is 17.8 Å². The highest BCUT2D eigenvalue weighted by atomic mass is 32.2. The second-order valence-corrected chi connectivity index (χ2v) is 6.15. The molecule has 1 aliphatic rings. The van der Waals surface area contributed by atoms with Crippen molar-refractivity contribution in [2.24, 2.45) is 0 Å². The highest BCUT2D eigenvalue weighted by Gasteiger charge is 2.11. The lowest BCUT2D eigenvalue weighted by Gasteiger charge is -2.28. The van der Waals surface area contributed by atoms with E-state index in [-0.39, 0.29) is 5.91 Å². The molecule has 1 amide bonds. The molecule has 0 unspecified atom stereocenters. The van der Waals surface area contributed by atoms with E-state index in [0.717, 1.165) is 42.7 Å². The first-order valence-corrected chi connectivity index (χ1v) is 8.56. The Hall–Kier alpha value is -2.05. The van der Waals surface area contributed by atoms with Crippen LogP contribution in [-0.4, -0.2) is 42.9 Å². The van der Waals surface area contributed by atoms with Gasteiger partial charge >= 0.3 is 0 Å². The fourth-order valence-electron chi connectivity index (χ4n) is 2.35. The zero-order valence-electron chi connectivity index (χ0n) is 12.8. The van der Waals surface area contributed by atoms with Crippen molar-refractivity contribution in [1.29, 1.82) is 0 Å². The van der Waals surface area contributed by atoms with E-state index < -0.39 is 0 Å². The molecule has 5 nitrogen and oxygen atoms in total. The summed E-state index contributed by atoms with van der Waals surface area (Å²) in [5.41, 5.74) is 1.97. The summed E-state index contributed by atoms with van der Waals surface area (Å²) in [4.78, 5) is 18.5. The van der Waals surface area contributed by atoms with Crippen LogP contribution in [0.1, 0.15) is 0 Å². The number of nitrogens with one attached hydrogen (secondary N) is 1. The van der Waals surface area contributed by atoms with E-state index in [2.05, 4.69) is 15.2 Å². The van der Waals surface area contributed by atoms with Gasteiger partial charge in [0.2, 0.25) is 5.91 Å². The number of rotatable bonds is 5. The summed E-state index contributed by atoms with van der Waals surface area (Å²) in [6, 6.07) is 13.6. The van der Waals surface area contributed by atoms with Crippen molar-refractivity contribution < 1.29 is 9.53 Å². The third kappa shape index (κ3) is 4.71. The average molecular weight is 329 g/mol. The summed E-state index contributed by atoms with van der Waals surface area (Å²) >= 11 is 1.43. The molecular weight excluding hydrogens is 310 g/mol. The third-order valence-electron chi connectivity index (χ3n) is 3.52. The topological polar surface area (TPSA) is 54.5 Å². The number of nitrogens with zero attached hydrogens (tertiary/aromatic N) is 2. The number of aromatic nitrogens is 1. The molecule has 0 bridgehead atoms. The Kier molecular flexibility index (Phi) is 5.50. The molecule has 2 heterocycles. The van der Waals surface area contributed by atoms with E-state index >= 15 is 0 Å². The Morgan fingerprint density at radius 2 is 1.96 bits per heavy atom. The number of ether oxygens (including phenoxy) is 1. The summed E-state index contributed by atoms with van der Waals surface area (Å²) in [5, 5.41) is 3.76. The zero-order chi connectivity index (χ0) is 15.9. The fraction of sp³-hybridized carbons (Fsp3) is 0.294.